The summed E-state index contributed by atoms with van der Waals surface area (Å²) >= 11 is 0. The van der Waals surface area contributed by atoms with Gasteiger partial charge in [-0.3, -0.25) is 9.36 Å². The van der Waals surface area contributed by atoms with Gasteiger partial charge in [-0.05, 0) is 30.7 Å². The van der Waals surface area contributed by atoms with Crippen LogP contribution >= 0.6 is 0 Å². The van der Waals surface area contributed by atoms with E-state index in [9.17, 15) is 9.59 Å². The molecule has 0 amide bonds. The molecule has 4 heteroatoms. The van der Waals surface area contributed by atoms with Crippen LogP contribution < -0.4 is 5.76 Å². The first kappa shape index (κ1) is 12.4. The van der Waals surface area contributed by atoms with E-state index in [0.717, 1.165) is 5.56 Å². The topological polar surface area (TPSA) is 52.2 Å². The monoisotopic (exact) mass is 267 g/mol. The number of hydrogen-bond donors (Lipinski definition) is 0. The summed E-state index contributed by atoms with van der Waals surface area (Å²) in [5.41, 5.74) is 2.70. The molecule has 0 bridgehead atoms. The Bertz CT molecular complexity index is 828. The van der Waals surface area contributed by atoms with Crippen molar-refractivity contribution in [1.29, 1.82) is 0 Å². The number of hydrogen-bond acceptors (Lipinski definition) is 3. The van der Waals surface area contributed by atoms with Crippen LogP contribution in [0.1, 0.15) is 22.8 Å². The van der Waals surface area contributed by atoms with Crippen LogP contribution in [-0.2, 0) is 6.54 Å². The Morgan fingerprint density at radius 2 is 1.90 bits per heavy atom. The number of carbonyl (C=O) groups is 1. The number of oxazole rings is 1. The molecule has 0 N–H and O–H groups in total. The molecule has 100 valence electrons. The van der Waals surface area contributed by atoms with Gasteiger partial charge in [0.25, 0.3) is 0 Å². The van der Waals surface area contributed by atoms with Gasteiger partial charge in [-0.2, -0.15) is 0 Å². The van der Waals surface area contributed by atoms with Crippen LogP contribution in [0.15, 0.2) is 57.7 Å². The standard InChI is InChI=1S/C16H13NO3/c1-11(18)13-7-8-14-15(9-13)20-16(19)17(14)10-12-5-3-2-4-6-12/h2-9H,10H2,1H3. The summed E-state index contributed by atoms with van der Waals surface area (Å²) in [4.78, 5) is 23.3. The summed E-state index contributed by atoms with van der Waals surface area (Å²) in [7, 11) is 0. The predicted molar refractivity (Wildman–Crippen MR) is 76.0 cm³/mol. The minimum Gasteiger partial charge on any atom is -0.408 e. The number of aromatic nitrogens is 1. The zero-order chi connectivity index (χ0) is 14.1. The maximum atomic E-state index is 11.9. The van der Waals surface area contributed by atoms with E-state index < -0.39 is 5.76 Å². The molecule has 0 aliphatic heterocycles. The fourth-order valence-electron chi connectivity index (χ4n) is 2.20. The Labute approximate surface area is 115 Å². The Morgan fingerprint density at radius 1 is 1.15 bits per heavy atom. The second-order valence-electron chi connectivity index (χ2n) is 4.68. The van der Waals surface area contributed by atoms with E-state index in [2.05, 4.69) is 0 Å². The summed E-state index contributed by atoms with van der Waals surface area (Å²) in [5, 5.41) is 0. The minimum atomic E-state index is -0.412. The SMILES string of the molecule is CC(=O)c1ccc2c(c1)oc(=O)n2Cc1ccccc1. The molecule has 0 spiro atoms. The van der Waals surface area contributed by atoms with Crippen LogP contribution in [0.5, 0.6) is 0 Å². The van der Waals surface area contributed by atoms with Gasteiger partial charge in [-0.15, -0.1) is 0 Å². The van der Waals surface area contributed by atoms with Crippen molar-refractivity contribution in [2.24, 2.45) is 0 Å². The molecule has 1 heterocycles. The molecule has 0 aliphatic carbocycles. The van der Waals surface area contributed by atoms with Gasteiger partial charge in [0.15, 0.2) is 11.4 Å². The number of rotatable bonds is 3. The fourth-order valence-corrected chi connectivity index (χ4v) is 2.20. The molecule has 0 aliphatic rings. The smallest absolute Gasteiger partial charge is 0.408 e. The summed E-state index contributed by atoms with van der Waals surface area (Å²) in [6.07, 6.45) is 0. The van der Waals surface area contributed by atoms with Gasteiger partial charge < -0.3 is 4.42 Å². The predicted octanol–water partition coefficient (Wildman–Crippen LogP) is 2.85. The van der Waals surface area contributed by atoms with Crippen molar-refractivity contribution in [2.45, 2.75) is 13.5 Å². The first-order valence-electron chi connectivity index (χ1n) is 6.33. The highest BCUT2D eigenvalue weighted by molar-refractivity contribution is 5.96. The van der Waals surface area contributed by atoms with E-state index in [1.54, 1.807) is 22.8 Å². The summed E-state index contributed by atoms with van der Waals surface area (Å²) in [6, 6.07) is 14.8. The molecule has 0 fully saturated rings. The number of carbonyl (C=O) groups excluding carboxylic acids is 1. The van der Waals surface area contributed by atoms with Crippen LogP contribution in [0.25, 0.3) is 11.1 Å². The maximum absolute atomic E-state index is 11.9. The van der Waals surface area contributed by atoms with Crippen molar-refractivity contribution in [1.82, 2.24) is 4.57 Å². The summed E-state index contributed by atoms with van der Waals surface area (Å²) in [6.45, 7) is 1.94. The van der Waals surface area contributed by atoms with Gasteiger partial charge in [0.05, 0.1) is 12.1 Å². The van der Waals surface area contributed by atoms with Crippen molar-refractivity contribution < 1.29 is 9.21 Å². The van der Waals surface area contributed by atoms with Gasteiger partial charge >= 0.3 is 5.76 Å². The molecule has 0 saturated heterocycles. The van der Waals surface area contributed by atoms with Crippen LogP contribution in [0, 0.1) is 0 Å². The van der Waals surface area contributed by atoms with Crippen molar-refractivity contribution in [3.63, 3.8) is 0 Å². The first-order chi connectivity index (χ1) is 9.65. The Balaban J connectivity index is 2.10. The van der Waals surface area contributed by atoms with E-state index in [1.807, 2.05) is 30.3 Å². The zero-order valence-corrected chi connectivity index (χ0v) is 11.0. The molecular weight excluding hydrogens is 254 g/mol. The maximum Gasteiger partial charge on any atom is 0.420 e. The van der Waals surface area contributed by atoms with Gasteiger partial charge in [0.2, 0.25) is 0 Å². The third kappa shape index (κ3) is 2.16. The quantitative estimate of drug-likeness (QED) is 0.686. The average Bonchev–Trinajstić information content (AvgIpc) is 2.75. The van der Waals surface area contributed by atoms with E-state index in [-0.39, 0.29) is 5.78 Å². The molecule has 0 unspecified atom stereocenters. The lowest BCUT2D eigenvalue weighted by atomic mass is 10.1. The molecule has 3 aromatic rings. The lowest BCUT2D eigenvalue weighted by Crippen LogP contribution is -2.14. The molecule has 2 aromatic carbocycles. The van der Waals surface area contributed by atoms with Gasteiger partial charge in [-0.1, -0.05) is 30.3 Å². The van der Waals surface area contributed by atoms with Gasteiger partial charge in [0.1, 0.15) is 0 Å². The van der Waals surface area contributed by atoms with Crippen LogP contribution in [-0.4, -0.2) is 10.4 Å². The largest absolute Gasteiger partial charge is 0.420 e. The van der Waals surface area contributed by atoms with Crippen molar-refractivity contribution in [3.05, 3.63) is 70.2 Å². The third-order valence-electron chi connectivity index (χ3n) is 3.26. The number of benzene rings is 2. The van der Waals surface area contributed by atoms with Gasteiger partial charge in [-0.25, -0.2) is 4.79 Å². The van der Waals surface area contributed by atoms with Crippen LogP contribution in [0.4, 0.5) is 0 Å². The molecule has 20 heavy (non-hydrogen) atoms. The number of nitrogens with zero attached hydrogens (tertiary/aromatic N) is 1. The average molecular weight is 267 g/mol. The van der Waals surface area contributed by atoms with E-state index >= 15 is 0 Å². The Kier molecular flexibility index (Phi) is 2.99. The fraction of sp³-hybridized carbons (Fsp3) is 0.125. The van der Waals surface area contributed by atoms with Crippen molar-refractivity contribution in [2.75, 3.05) is 0 Å². The second kappa shape index (κ2) is 4.81. The zero-order valence-electron chi connectivity index (χ0n) is 11.0. The Morgan fingerprint density at radius 3 is 2.60 bits per heavy atom. The molecule has 0 radical (unpaired) electrons. The highest BCUT2D eigenvalue weighted by Gasteiger charge is 2.11. The number of ketones is 1. The lowest BCUT2D eigenvalue weighted by Gasteiger charge is -2.02. The van der Waals surface area contributed by atoms with E-state index in [1.165, 1.54) is 6.92 Å². The molecule has 1 aromatic heterocycles. The number of fused-ring (bicyclic) bond motifs is 1. The van der Waals surface area contributed by atoms with E-state index in [0.29, 0.717) is 23.2 Å². The van der Waals surface area contributed by atoms with Crippen LogP contribution in [0.2, 0.25) is 0 Å². The van der Waals surface area contributed by atoms with Crippen molar-refractivity contribution >= 4 is 16.9 Å². The molecule has 0 saturated carbocycles. The second-order valence-corrected chi connectivity index (χ2v) is 4.68. The highest BCUT2D eigenvalue weighted by atomic mass is 16.4. The third-order valence-corrected chi connectivity index (χ3v) is 3.26. The first-order valence-corrected chi connectivity index (χ1v) is 6.33. The molecule has 0 atom stereocenters. The molecule has 3 rings (SSSR count). The van der Waals surface area contributed by atoms with Gasteiger partial charge in [0, 0.05) is 5.56 Å². The summed E-state index contributed by atoms with van der Waals surface area (Å²) in [5.74, 6) is -0.463. The normalized spacial score (nSPS) is 10.8. The molecule has 4 nitrogen and oxygen atoms in total. The minimum absolute atomic E-state index is 0.0506. The molecular formula is C16H13NO3. The van der Waals surface area contributed by atoms with Crippen LogP contribution in [0.3, 0.4) is 0 Å². The number of Topliss-reactive ketones (excluding diaryl/α,β-unsaturated/α-hetero) is 1. The summed E-state index contributed by atoms with van der Waals surface area (Å²) < 4.78 is 6.78. The van der Waals surface area contributed by atoms with E-state index in [4.69, 9.17) is 4.42 Å². The van der Waals surface area contributed by atoms with Crippen molar-refractivity contribution in [3.8, 4) is 0 Å². The Hall–Kier alpha value is -2.62. The highest BCUT2D eigenvalue weighted by Crippen LogP contribution is 2.16. The lowest BCUT2D eigenvalue weighted by molar-refractivity contribution is 0.101.